The first-order valence-corrected chi connectivity index (χ1v) is 10.9. The van der Waals surface area contributed by atoms with Gasteiger partial charge in [0.25, 0.3) is 10.0 Å². The van der Waals surface area contributed by atoms with Gasteiger partial charge in [0, 0.05) is 27.6 Å². The van der Waals surface area contributed by atoms with Gasteiger partial charge in [-0.25, -0.2) is 13.4 Å². The molecule has 0 aromatic heterocycles. The molecule has 0 bridgehead atoms. The van der Waals surface area contributed by atoms with Gasteiger partial charge in [0.15, 0.2) is 0 Å². The fraction of sp³-hybridized carbons (Fsp3) is 0. The Morgan fingerprint density at radius 3 is 2.13 bits per heavy atom. The Kier molecular flexibility index (Phi) is 4.22. The second kappa shape index (κ2) is 6.93. The molecule has 4 aromatic carbocycles. The topological polar surface area (TPSA) is 75.6 Å². The number of rotatable bonds is 4. The lowest BCUT2D eigenvalue weighted by molar-refractivity contribution is 0.107. The number of ketones is 1. The average Bonchev–Trinajstić information content (AvgIpc) is 3.03. The third-order valence-electron chi connectivity index (χ3n) is 5.03. The Bertz CT molecular complexity index is 1430. The molecule has 0 unspecified atom stereocenters. The average molecular weight is 412 g/mol. The SMILES string of the molecule is O=C1C(=Nc2ccccc2)c2ccc(S(=O)(=O)Nc3ccccc3)c3cccc1c23. The van der Waals surface area contributed by atoms with Crippen molar-refractivity contribution in [2.24, 2.45) is 4.99 Å². The molecular weight excluding hydrogens is 396 g/mol. The summed E-state index contributed by atoms with van der Waals surface area (Å²) in [7, 11) is -3.84. The molecule has 0 saturated heterocycles. The van der Waals surface area contributed by atoms with E-state index >= 15 is 0 Å². The van der Waals surface area contributed by atoms with Gasteiger partial charge in [0.1, 0.15) is 5.71 Å². The van der Waals surface area contributed by atoms with Gasteiger partial charge in [-0.1, -0.05) is 60.7 Å². The van der Waals surface area contributed by atoms with Gasteiger partial charge in [-0.3, -0.25) is 9.52 Å². The number of hydrogen-bond acceptors (Lipinski definition) is 4. The maximum Gasteiger partial charge on any atom is 0.262 e. The molecule has 30 heavy (non-hydrogen) atoms. The highest BCUT2D eigenvalue weighted by molar-refractivity contribution is 7.93. The monoisotopic (exact) mass is 412 g/mol. The molecule has 0 saturated carbocycles. The van der Waals surface area contributed by atoms with Crippen molar-refractivity contribution in [1.82, 2.24) is 0 Å². The zero-order valence-electron chi connectivity index (χ0n) is 15.7. The molecule has 0 radical (unpaired) electrons. The van der Waals surface area contributed by atoms with Gasteiger partial charge in [-0.15, -0.1) is 0 Å². The molecule has 0 fully saturated rings. The summed E-state index contributed by atoms with van der Waals surface area (Å²) >= 11 is 0. The summed E-state index contributed by atoms with van der Waals surface area (Å²) in [6.45, 7) is 0. The fourth-order valence-corrected chi connectivity index (χ4v) is 4.97. The van der Waals surface area contributed by atoms with Crippen molar-refractivity contribution in [2.45, 2.75) is 4.90 Å². The highest BCUT2D eigenvalue weighted by Crippen LogP contribution is 2.36. The number of benzene rings is 4. The van der Waals surface area contributed by atoms with Gasteiger partial charge < -0.3 is 0 Å². The summed E-state index contributed by atoms with van der Waals surface area (Å²) in [5, 5.41) is 1.12. The van der Waals surface area contributed by atoms with Gasteiger partial charge in [-0.05, 0) is 30.3 Å². The molecule has 5 nitrogen and oxygen atoms in total. The van der Waals surface area contributed by atoms with Crippen molar-refractivity contribution in [2.75, 3.05) is 4.72 Å². The van der Waals surface area contributed by atoms with Crippen LogP contribution in [0.25, 0.3) is 10.8 Å². The summed E-state index contributed by atoms with van der Waals surface area (Å²) in [6, 6.07) is 26.3. The highest BCUT2D eigenvalue weighted by Gasteiger charge is 2.31. The number of para-hydroxylation sites is 2. The fourth-order valence-electron chi connectivity index (χ4n) is 3.71. The lowest BCUT2D eigenvalue weighted by Crippen LogP contribution is -2.13. The van der Waals surface area contributed by atoms with Crippen LogP contribution in [-0.2, 0) is 10.0 Å². The third-order valence-corrected chi connectivity index (χ3v) is 6.47. The molecule has 0 atom stereocenters. The first kappa shape index (κ1) is 18.3. The quantitative estimate of drug-likeness (QED) is 0.515. The lowest BCUT2D eigenvalue weighted by Gasteiger charge is -2.11. The standard InChI is InChI=1S/C24H16N2O3S/c27-24-20-13-7-12-18-21(30(28,29)26-17-10-5-2-6-11-17)15-14-19(22(18)20)23(24)25-16-8-3-1-4-9-16/h1-15,26H. The van der Waals surface area contributed by atoms with Gasteiger partial charge in [0.05, 0.1) is 10.6 Å². The zero-order chi connectivity index (χ0) is 20.7. The number of anilines is 1. The van der Waals surface area contributed by atoms with Crippen molar-refractivity contribution in [3.05, 3.63) is 102 Å². The van der Waals surface area contributed by atoms with Gasteiger partial charge in [-0.2, -0.15) is 0 Å². The Morgan fingerprint density at radius 1 is 0.700 bits per heavy atom. The molecule has 6 heteroatoms. The molecular formula is C24H16N2O3S. The van der Waals surface area contributed by atoms with E-state index in [1.807, 2.05) is 36.4 Å². The molecule has 146 valence electrons. The number of carbonyl (C=O) groups is 1. The van der Waals surface area contributed by atoms with Crippen molar-refractivity contribution in [3.8, 4) is 0 Å². The van der Waals surface area contributed by atoms with Crippen LogP contribution >= 0.6 is 0 Å². The van der Waals surface area contributed by atoms with Crippen LogP contribution < -0.4 is 4.72 Å². The van der Waals surface area contributed by atoms with E-state index in [1.54, 1.807) is 48.5 Å². The number of nitrogens with zero attached hydrogens (tertiary/aromatic N) is 1. The summed E-state index contributed by atoms with van der Waals surface area (Å²) in [4.78, 5) is 17.7. The van der Waals surface area contributed by atoms with Crippen LogP contribution in [0.2, 0.25) is 0 Å². The molecule has 0 amide bonds. The van der Waals surface area contributed by atoms with E-state index in [4.69, 9.17) is 0 Å². The van der Waals surface area contributed by atoms with Crippen LogP contribution in [0.15, 0.2) is 101 Å². The minimum Gasteiger partial charge on any atom is -0.287 e. The van der Waals surface area contributed by atoms with Crippen LogP contribution in [0.4, 0.5) is 11.4 Å². The van der Waals surface area contributed by atoms with Crippen LogP contribution in [0.1, 0.15) is 15.9 Å². The van der Waals surface area contributed by atoms with E-state index in [9.17, 15) is 13.2 Å². The normalized spacial score (nSPS) is 14.4. The molecule has 0 aliphatic heterocycles. The summed E-state index contributed by atoms with van der Waals surface area (Å²) in [5.41, 5.74) is 2.59. The van der Waals surface area contributed by atoms with E-state index in [-0.39, 0.29) is 10.7 Å². The van der Waals surface area contributed by atoms with Gasteiger partial charge >= 0.3 is 0 Å². The number of nitrogens with one attached hydrogen (secondary N) is 1. The first-order valence-electron chi connectivity index (χ1n) is 9.37. The van der Waals surface area contributed by atoms with Crippen molar-refractivity contribution >= 4 is 43.7 Å². The molecule has 5 rings (SSSR count). The Hall–Kier alpha value is -3.77. The molecule has 1 aliphatic carbocycles. The third kappa shape index (κ3) is 2.98. The smallest absolute Gasteiger partial charge is 0.262 e. The first-order chi connectivity index (χ1) is 14.5. The van der Waals surface area contributed by atoms with E-state index in [0.717, 1.165) is 0 Å². The Labute approximate surface area is 173 Å². The molecule has 1 aliphatic rings. The number of sulfonamides is 1. The maximum absolute atomic E-state index is 13.1. The lowest BCUT2D eigenvalue weighted by atomic mass is 10.1. The second-order valence-corrected chi connectivity index (χ2v) is 8.59. The number of carbonyl (C=O) groups excluding carboxylic acids is 1. The summed E-state index contributed by atoms with van der Waals surface area (Å²) < 4.78 is 28.8. The largest absolute Gasteiger partial charge is 0.287 e. The minimum absolute atomic E-state index is 0.126. The summed E-state index contributed by atoms with van der Waals surface area (Å²) in [6.07, 6.45) is 0. The molecule has 0 spiro atoms. The van der Waals surface area contributed by atoms with E-state index < -0.39 is 10.0 Å². The summed E-state index contributed by atoms with van der Waals surface area (Å²) in [5.74, 6) is -0.204. The predicted molar refractivity (Wildman–Crippen MR) is 118 cm³/mol. The van der Waals surface area contributed by atoms with Crippen LogP contribution in [-0.4, -0.2) is 19.9 Å². The van der Waals surface area contributed by atoms with E-state index in [2.05, 4.69) is 9.71 Å². The number of Topliss-reactive ketones (excluding diaryl/α,β-unsaturated/α-hetero) is 1. The molecule has 1 N–H and O–H groups in total. The van der Waals surface area contributed by atoms with E-state index in [1.165, 1.54) is 6.07 Å². The Morgan fingerprint density at radius 2 is 1.40 bits per heavy atom. The molecule has 0 heterocycles. The molecule has 4 aromatic rings. The zero-order valence-corrected chi connectivity index (χ0v) is 16.6. The maximum atomic E-state index is 13.1. The Balaban J connectivity index is 1.68. The van der Waals surface area contributed by atoms with Crippen molar-refractivity contribution < 1.29 is 13.2 Å². The number of aliphatic imine (C=N–C) groups is 1. The van der Waals surface area contributed by atoms with Crippen LogP contribution in [0.3, 0.4) is 0 Å². The van der Waals surface area contributed by atoms with Gasteiger partial charge in [0.2, 0.25) is 5.78 Å². The minimum atomic E-state index is -3.84. The van der Waals surface area contributed by atoms with E-state index in [0.29, 0.717) is 39.0 Å². The second-order valence-electron chi connectivity index (χ2n) is 6.94. The predicted octanol–water partition coefficient (Wildman–Crippen LogP) is 4.96. The number of hydrogen-bond donors (Lipinski definition) is 1. The van der Waals surface area contributed by atoms with Crippen molar-refractivity contribution in [3.63, 3.8) is 0 Å². The van der Waals surface area contributed by atoms with Crippen LogP contribution in [0, 0.1) is 0 Å². The van der Waals surface area contributed by atoms with Crippen molar-refractivity contribution in [1.29, 1.82) is 0 Å². The van der Waals surface area contributed by atoms with Crippen LogP contribution in [0.5, 0.6) is 0 Å². The highest BCUT2D eigenvalue weighted by atomic mass is 32.2.